The van der Waals surface area contributed by atoms with Gasteiger partial charge in [0.2, 0.25) is 23.5 Å². The summed E-state index contributed by atoms with van der Waals surface area (Å²) in [5.41, 5.74) is 2.18. The van der Waals surface area contributed by atoms with E-state index in [0.717, 1.165) is 76.9 Å². The molecule has 1 unspecified atom stereocenters. The van der Waals surface area contributed by atoms with Crippen LogP contribution in [0.1, 0.15) is 50.5 Å². The molecular weight excluding hydrogens is 430 g/mol. The second kappa shape index (κ2) is 11.6. The SMILES string of the molecule is CCCC(=O)N1CCCC(C(=O)N2CCN(CCCc3nc(-c4ccc(C)cc4)no3)CC2)C1. The van der Waals surface area contributed by atoms with E-state index in [-0.39, 0.29) is 17.7 Å². The Balaban J connectivity index is 1.18. The van der Waals surface area contributed by atoms with Crippen molar-refractivity contribution in [3.8, 4) is 11.4 Å². The van der Waals surface area contributed by atoms with E-state index in [1.54, 1.807) is 0 Å². The highest BCUT2D eigenvalue weighted by Gasteiger charge is 2.32. The number of nitrogens with zero attached hydrogens (tertiary/aromatic N) is 5. The molecule has 3 heterocycles. The average molecular weight is 468 g/mol. The predicted molar refractivity (Wildman–Crippen MR) is 130 cm³/mol. The van der Waals surface area contributed by atoms with E-state index < -0.39 is 0 Å². The molecule has 0 aliphatic carbocycles. The molecule has 4 rings (SSSR count). The Morgan fingerprint density at radius 3 is 2.56 bits per heavy atom. The van der Waals surface area contributed by atoms with Gasteiger partial charge >= 0.3 is 0 Å². The van der Waals surface area contributed by atoms with Crippen molar-refractivity contribution in [2.45, 2.75) is 52.4 Å². The van der Waals surface area contributed by atoms with E-state index in [2.05, 4.69) is 22.0 Å². The summed E-state index contributed by atoms with van der Waals surface area (Å²) < 4.78 is 5.43. The van der Waals surface area contributed by atoms with Crippen LogP contribution in [0.3, 0.4) is 0 Å². The van der Waals surface area contributed by atoms with Gasteiger partial charge in [-0.15, -0.1) is 0 Å². The summed E-state index contributed by atoms with van der Waals surface area (Å²) in [5, 5.41) is 4.11. The number of hydrogen-bond acceptors (Lipinski definition) is 6. The van der Waals surface area contributed by atoms with Crippen LogP contribution in [0.5, 0.6) is 0 Å². The van der Waals surface area contributed by atoms with Crippen molar-refractivity contribution < 1.29 is 14.1 Å². The van der Waals surface area contributed by atoms with Crippen LogP contribution in [0.4, 0.5) is 0 Å². The number of carbonyl (C=O) groups is 2. The monoisotopic (exact) mass is 467 g/mol. The second-order valence-corrected chi connectivity index (χ2v) is 9.58. The zero-order valence-electron chi connectivity index (χ0n) is 20.5. The van der Waals surface area contributed by atoms with Gasteiger partial charge < -0.3 is 14.3 Å². The molecule has 2 saturated heterocycles. The number of piperazine rings is 1. The normalized spacial score (nSPS) is 19.4. The van der Waals surface area contributed by atoms with Gasteiger partial charge in [-0.2, -0.15) is 4.98 Å². The van der Waals surface area contributed by atoms with Crippen molar-refractivity contribution in [1.82, 2.24) is 24.8 Å². The fourth-order valence-electron chi connectivity index (χ4n) is 4.86. The van der Waals surface area contributed by atoms with Gasteiger partial charge in [0.1, 0.15) is 0 Å². The van der Waals surface area contributed by atoms with Gasteiger partial charge in [0.25, 0.3) is 0 Å². The summed E-state index contributed by atoms with van der Waals surface area (Å²) in [6.45, 7) is 9.70. The maximum atomic E-state index is 13.1. The molecule has 1 aromatic heterocycles. The summed E-state index contributed by atoms with van der Waals surface area (Å²) in [6, 6.07) is 8.12. The third-order valence-electron chi connectivity index (χ3n) is 6.91. The average Bonchev–Trinajstić information content (AvgIpc) is 3.33. The maximum Gasteiger partial charge on any atom is 0.227 e. The third kappa shape index (κ3) is 6.23. The molecule has 184 valence electrons. The van der Waals surface area contributed by atoms with Crippen molar-refractivity contribution in [3.05, 3.63) is 35.7 Å². The fraction of sp³-hybridized carbons (Fsp3) is 0.615. The Morgan fingerprint density at radius 2 is 1.82 bits per heavy atom. The maximum absolute atomic E-state index is 13.1. The molecule has 34 heavy (non-hydrogen) atoms. The number of aryl methyl sites for hydroxylation is 2. The highest BCUT2D eigenvalue weighted by atomic mass is 16.5. The van der Waals surface area contributed by atoms with E-state index in [0.29, 0.717) is 24.7 Å². The minimum Gasteiger partial charge on any atom is -0.342 e. The number of carbonyl (C=O) groups excluding carboxylic acids is 2. The summed E-state index contributed by atoms with van der Waals surface area (Å²) >= 11 is 0. The van der Waals surface area contributed by atoms with Crippen molar-refractivity contribution >= 4 is 11.8 Å². The van der Waals surface area contributed by atoms with Crippen LogP contribution < -0.4 is 0 Å². The van der Waals surface area contributed by atoms with Gasteiger partial charge in [-0.25, -0.2) is 0 Å². The van der Waals surface area contributed by atoms with Gasteiger partial charge in [0.05, 0.1) is 5.92 Å². The van der Waals surface area contributed by atoms with Crippen LogP contribution in [0, 0.1) is 12.8 Å². The molecule has 2 aliphatic rings. The number of hydrogen-bond donors (Lipinski definition) is 0. The van der Waals surface area contributed by atoms with Crippen LogP contribution in [0.2, 0.25) is 0 Å². The quantitative estimate of drug-likeness (QED) is 0.593. The molecule has 0 bridgehead atoms. The molecule has 2 fully saturated rings. The topological polar surface area (TPSA) is 82.8 Å². The van der Waals surface area contributed by atoms with Crippen molar-refractivity contribution in [2.75, 3.05) is 45.8 Å². The molecule has 0 saturated carbocycles. The van der Waals surface area contributed by atoms with E-state index in [4.69, 9.17) is 4.52 Å². The van der Waals surface area contributed by atoms with Crippen LogP contribution >= 0.6 is 0 Å². The zero-order chi connectivity index (χ0) is 23.9. The van der Waals surface area contributed by atoms with E-state index in [1.165, 1.54) is 5.56 Å². The molecule has 0 spiro atoms. The summed E-state index contributed by atoms with van der Waals surface area (Å²) in [5.74, 6) is 1.69. The first kappa shape index (κ1) is 24.4. The molecule has 2 aliphatic heterocycles. The Morgan fingerprint density at radius 1 is 1.06 bits per heavy atom. The van der Waals surface area contributed by atoms with Crippen molar-refractivity contribution in [1.29, 1.82) is 0 Å². The van der Waals surface area contributed by atoms with Gasteiger partial charge in [-0.05, 0) is 39.2 Å². The van der Waals surface area contributed by atoms with Crippen LogP contribution in [0.25, 0.3) is 11.4 Å². The molecule has 8 heteroatoms. The molecule has 1 atom stereocenters. The number of piperidine rings is 1. The second-order valence-electron chi connectivity index (χ2n) is 9.58. The molecule has 2 aromatic rings. The van der Waals surface area contributed by atoms with E-state index in [9.17, 15) is 9.59 Å². The first-order chi connectivity index (χ1) is 16.5. The lowest BCUT2D eigenvalue weighted by atomic mass is 9.95. The molecule has 8 nitrogen and oxygen atoms in total. The summed E-state index contributed by atoms with van der Waals surface area (Å²) in [7, 11) is 0. The van der Waals surface area contributed by atoms with Crippen LogP contribution in [-0.4, -0.2) is 82.5 Å². The first-order valence-corrected chi connectivity index (χ1v) is 12.7. The molecule has 0 radical (unpaired) electrons. The smallest absolute Gasteiger partial charge is 0.227 e. The summed E-state index contributed by atoms with van der Waals surface area (Å²) in [6.07, 6.45) is 4.95. The van der Waals surface area contributed by atoms with Crippen LogP contribution in [-0.2, 0) is 16.0 Å². The largest absolute Gasteiger partial charge is 0.342 e. The van der Waals surface area contributed by atoms with Gasteiger partial charge in [-0.3, -0.25) is 14.5 Å². The lowest BCUT2D eigenvalue weighted by molar-refractivity contribution is -0.142. The molecular formula is C26H37N5O3. The Kier molecular flexibility index (Phi) is 8.32. The Labute approximate surface area is 202 Å². The highest BCUT2D eigenvalue weighted by Crippen LogP contribution is 2.21. The number of amides is 2. The fourth-order valence-corrected chi connectivity index (χ4v) is 4.86. The minimum absolute atomic E-state index is 0.0404. The molecule has 1 aromatic carbocycles. The molecule has 2 amide bonds. The predicted octanol–water partition coefficient (Wildman–Crippen LogP) is 3.16. The van der Waals surface area contributed by atoms with E-state index in [1.807, 2.05) is 41.0 Å². The number of benzene rings is 1. The van der Waals surface area contributed by atoms with Crippen molar-refractivity contribution in [3.63, 3.8) is 0 Å². The van der Waals surface area contributed by atoms with E-state index >= 15 is 0 Å². The number of aromatic nitrogens is 2. The van der Waals surface area contributed by atoms with Crippen LogP contribution in [0.15, 0.2) is 28.8 Å². The molecule has 0 N–H and O–H groups in total. The van der Waals surface area contributed by atoms with Gasteiger partial charge in [-0.1, -0.05) is 41.9 Å². The lowest BCUT2D eigenvalue weighted by Gasteiger charge is -2.39. The first-order valence-electron chi connectivity index (χ1n) is 12.7. The number of likely N-dealkylation sites (tertiary alicyclic amines) is 1. The van der Waals surface area contributed by atoms with Gasteiger partial charge in [0, 0.05) is 57.7 Å². The Hall–Kier alpha value is -2.74. The summed E-state index contributed by atoms with van der Waals surface area (Å²) in [4.78, 5) is 36.1. The standard InChI is InChI=1S/C26H37N5O3/c1-3-6-24(32)31-14-4-7-22(19-31)26(33)30-17-15-29(16-18-30)13-5-8-23-27-25(28-34-23)21-11-9-20(2)10-12-21/h9-12,22H,3-8,13-19H2,1-2H3. The highest BCUT2D eigenvalue weighted by molar-refractivity contribution is 5.81. The number of rotatable bonds is 8. The third-order valence-corrected chi connectivity index (χ3v) is 6.91. The minimum atomic E-state index is -0.0404. The zero-order valence-corrected chi connectivity index (χ0v) is 20.5. The van der Waals surface area contributed by atoms with Gasteiger partial charge in [0.15, 0.2) is 0 Å². The Bertz CT molecular complexity index is 950. The lowest BCUT2D eigenvalue weighted by Crippen LogP contribution is -2.53. The van der Waals surface area contributed by atoms with Crippen molar-refractivity contribution in [2.24, 2.45) is 5.92 Å².